The molecule has 0 saturated heterocycles. The van der Waals surface area contributed by atoms with E-state index < -0.39 is 17.7 Å². The lowest BCUT2D eigenvalue weighted by Gasteiger charge is -2.34. The topological polar surface area (TPSA) is 38.0 Å². The molecule has 0 amide bonds. The normalized spacial score (nSPS) is 20.5. The van der Waals surface area contributed by atoms with Gasteiger partial charge in [-0.2, -0.15) is 0 Å². The van der Waals surface area contributed by atoms with Gasteiger partial charge in [-0.3, -0.25) is 11.3 Å². The number of rotatable bonds is 3. The summed E-state index contributed by atoms with van der Waals surface area (Å²) in [6.45, 7) is 2.04. The molecule has 0 radical (unpaired) electrons. The Hall–Kier alpha value is -1.00. The minimum Gasteiger partial charge on any atom is -0.271 e. The van der Waals surface area contributed by atoms with Crippen molar-refractivity contribution in [3.63, 3.8) is 0 Å². The molecule has 0 spiro atoms. The Morgan fingerprint density at radius 1 is 1.24 bits per heavy atom. The molecule has 0 bridgehead atoms. The zero-order valence-corrected chi connectivity index (χ0v) is 9.97. The van der Waals surface area contributed by atoms with Crippen molar-refractivity contribution < 1.29 is 8.78 Å². The number of nitrogens with one attached hydrogen (secondary N) is 1. The molecule has 1 aromatic rings. The highest BCUT2D eigenvalue weighted by atomic mass is 19.1. The Labute approximate surface area is 100 Å². The van der Waals surface area contributed by atoms with Crippen LogP contribution in [0.4, 0.5) is 8.78 Å². The van der Waals surface area contributed by atoms with Crippen LogP contribution in [0, 0.1) is 17.0 Å². The number of hydrazine groups is 1. The molecule has 1 aromatic carbocycles. The number of nitrogens with two attached hydrogens (primary N) is 1. The summed E-state index contributed by atoms with van der Waals surface area (Å²) >= 11 is 0. The first-order valence-corrected chi connectivity index (χ1v) is 5.98. The van der Waals surface area contributed by atoms with Crippen LogP contribution in [0.15, 0.2) is 18.2 Å². The van der Waals surface area contributed by atoms with Gasteiger partial charge in [0.1, 0.15) is 11.6 Å². The third-order valence-corrected chi connectivity index (χ3v) is 3.90. The first-order chi connectivity index (χ1) is 8.08. The van der Waals surface area contributed by atoms with E-state index in [2.05, 4.69) is 5.43 Å². The maximum absolute atomic E-state index is 13.8. The zero-order valence-electron chi connectivity index (χ0n) is 9.97. The Morgan fingerprint density at radius 2 is 1.76 bits per heavy atom. The van der Waals surface area contributed by atoms with Crippen LogP contribution in [0.2, 0.25) is 0 Å². The summed E-state index contributed by atoms with van der Waals surface area (Å²) in [6, 6.07) is 3.46. The summed E-state index contributed by atoms with van der Waals surface area (Å²) in [4.78, 5) is 0. The molecule has 2 rings (SSSR count). The molecule has 3 N–H and O–H groups in total. The van der Waals surface area contributed by atoms with Crippen molar-refractivity contribution in [2.24, 2.45) is 11.3 Å². The predicted molar refractivity (Wildman–Crippen MR) is 63.0 cm³/mol. The second-order valence-electron chi connectivity index (χ2n) is 5.10. The van der Waals surface area contributed by atoms with E-state index in [9.17, 15) is 8.78 Å². The van der Waals surface area contributed by atoms with Gasteiger partial charge in [-0.15, -0.1) is 0 Å². The minimum absolute atomic E-state index is 0.0689. The van der Waals surface area contributed by atoms with Crippen LogP contribution in [-0.4, -0.2) is 0 Å². The lowest BCUT2D eigenvalue weighted by atomic mass is 9.77. The summed E-state index contributed by atoms with van der Waals surface area (Å²) in [7, 11) is 0. The second kappa shape index (κ2) is 4.70. The molecule has 2 nitrogen and oxygen atoms in total. The van der Waals surface area contributed by atoms with Crippen LogP contribution >= 0.6 is 0 Å². The fourth-order valence-electron chi connectivity index (χ4n) is 2.89. The summed E-state index contributed by atoms with van der Waals surface area (Å²) in [5, 5.41) is 0. The molecule has 1 atom stereocenters. The van der Waals surface area contributed by atoms with Gasteiger partial charge < -0.3 is 0 Å². The first-order valence-electron chi connectivity index (χ1n) is 5.98. The van der Waals surface area contributed by atoms with E-state index in [1.807, 2.05) is 6.92 Å². The van der Waals surface area contributed by atoms with Gasteiger partial charge in [-0.25, -0.2) is 8.78 Å². The fraction of sp³-hybridized carbons (Fsp3) is 0.538. The Bertz CT molecular complexity index is 380. The van der Waals surface area contributed by atoms with Crippen molar-refractivity contribution in [1.29, 1.82) is 0 Å². The first kappa shape index (κ1) is 12.5. The Morgan fingerprint density at radius 3 is 2.24 bits per heavy atom. The van der Waals surface area contributed by atoms with Crippen molar-refractivity contribution in [2.75, 3.05) is 0 Å². The van der Waals surface area contributed by atoms with Crippen molar-refractivity contribution in [1.82, 2.24) is 5.43 Å². The van der Waals surface area contributed by atoms with Gasteiger partial charge in [0.05, 0.1) is 6.04 Å². The minimum atomic E-state index is -0.527. The molecule has 17 heavy (non-hydrogen) atoms. The maximum Gasteiger partial charge on any atom is 0.130 e. The van der Waals surface area contributed by atoms with E-state index in [0.717, 1.165) is 25.7 Å². The summed E-state index contributed by atoms with van der Waals surface area (Å²) in [5.74, 6) is 4.47. The monoisotopic (exact) mass is 240 g/mol. The predicted octanol–water partition coefficient (Wildman–Crippen LogP) is 3.05. The van der Waals surface area contributed by atoms with Crippen LogP contribution in [0.3, 0.4) is 0 Å². The molecular weight excluding hydrogens is 222 g/mol. The SMILES string of the molecule is CC1(C(NN)c2c(F)cccc2F)CCCC1. The van der Waals surface area contributed by atoms with Crippen molar-refractivity contribution >= 4 is 0 Å². The summed E-state index contributed by atoms with van der Waals surface area (Å²) in [6.07, 6.45) is 4.06. The average molecular weight is 240 g/mol. The molecule has 0 heterocycles. The van der Waals surface area contributed by atoms with Gasteiger partial charge in [-0.1, -0.05) is 25.8 Å². The molecule has 1 saturated carbocycles. The van der Waals surface area contributed by atoms with Crippen LogP contribution < -0.4 is 11.3 Å². The summed E-state index contributed by atoms with van der Waals surface area (Å²) in [5.41, 5.74) is 2.50. The molecule has 1 fully saturated rings. The van der Waals surface area contributed by atoms with E-state index in [-0.39, 0.29) is 11.0 Å². The highest BCUT2D eigenvalue weighted by Gasteiger charge is 2.39. The number of hydrogen-bond acceptors (Lipinski definition) is 2. The highest BCUT2D eigenvalue weighted by molar-refractivity contribution is 5.25. The van der Waals surface area contributed by atoms with Crippen LogP contribution in [0.25, 0.3) is 0 Å². The third-order valence-electron chi connectivity index (χ3n) is 3.90. The molecule has 1 unspecified atom stereocenters. The Balaban J connectivity index is 2.41. The second-order valence-corrected chi connectivity index (χ2v) is 5.10. The van der Waals surface area contributed by atoms with Crippen molar-refractivity contribution in [3.8, 4) is 0 Å². The van der Waals surface area contributed by atoms with Crippen LogP contribution in [0.5, 0.6) is 0 Å². The fourth-order valence-corrected chi connectivity index (χ4v) is 2.89. The molecule has 94 valence electrons. The highest BCUT2D eigenvalue weighted by Crippen LogP contribution is 2.47. The third kappa shape index (κ3) is 2.19. The van der Waals surface area contributed by atoms with E-state index in [0.29, 0.717) is 0 Å². The lowest BCUT2D eigenvalue weighted by molar-refractivity contribution is 0.215. The quantitative estimate of drug-likeness (QED) is 0.629. The van der Waals surface area contributed by atoms with E-state index in [1.165, 1.54) is 18.2 Å². The van der Waals surface area contributed by atoms with E-state index in [1.54, 1.807) is 0 Å². The van der Waals surface area contributed by atoms with Gasteiger partial charge in [0.25, 0.3) is 0 Å². The number of hydrogen-bond donors (Lipinski definition) is 2. The number of halogens is 2. The van der Waals surface area contributed by atoms with Crippen LogP contribution in [-0.2, 0) is 0 Å². The molecule has 1 aliphatic carbocycles. The van der Waals surface area contributed by atoms with Gasteiger partial charge >= 0.3 is 0 Å². The van der Waals surface area contributed by atoms with Crippen molar-refractivity contribution in [3.05, 3.63) is 35.4 Å². The zero-order chi connectivity index (χ0) is 12.5. The van der Waals surface area contributed by atoms with Gasteiger partial charge in [0.2, 0.25) is 0 Å². The smallest absolute Gasteiger partial charge is 0.130 e. The molecule has 1 aliphatic rings. The van der Waals surface area contributed by atoms with Gasteiger partial charge in [-0.05, 0) is 30.4 Å². The van der Waals surface area contributed by atoms with Gasteiger partial charge in [0.15, 0.2) is 0 Å². The molecular formula is C13H18F2N2. The molecule has 0 aliphatic heterocycles. The maximum atomic E-state index is 13.8. The van der Waals surface area contributed by atoms with Crippen molar-refractivity contribution in [2.45, 2.75) is 38.6 Å². The average Bonchev–Trinajstić information content (AvgIpc) is 2.71. The standard InChI is InChI=1S/C13H18F2N2/c1-13(7-2-3-8-13)12(17-16)11-9(14)5-4-6-10(11)15/h4-6,12,17H,2-3,7-8,16H2,1H3. The van der Waals surface area contributed by atoms with E-state index >= 15 is 0 Å². The largest absolute Gasteiger partial charge is 0.271 e. The summed E-state index contributed by atoms with van der Waals surface area (Å²) < 4.78 is 27.6. The molecule has 0 aromatic heterocycles. The Kier molecular flexibility index (Phi) is 3.45. The molecule has 4 heteroatoms. The number of benzene rings is 1. The lowest BCUT2D eigenvalue weighted by Crippen LogP contribution is -2.39. The van der Waals surface area contributed by atoms with Gasteiger partial charge in [0, 0.05) is 5.56 Å². The van der Waals surface area contributed by atoms with Crippen LogP contribution in [0.1, 0.15) is 44.2 Å². The van der Waals surface area contributed by atoms with E-state index in [4.69, 9.17) is 5.84 Å².